The highest BCUT2D eigenvalue weighted by atomic mass is 35.5. The van der Waals surface area contributed by atoms with E-state index in [0.29, 0.717) is 12.6 Å². The molecule has 0 saturated carbocycles. The Kier molecular flexibility index (Phi) is 4.65. The number of para-hydroxylation sites is 2. The summed E-state index contributed by atoms with van der Waals surface area (Å²) in [5.41, 5.74) is 2.14. The Morgan fingerprint density at radius 3 is 2.93 bits per heavy atom. The van der Waals surface area contributed by atoms with Crippen LogP contribution in [0.2, 0.25) is 5.02 Å². The Bertz CT molecular complexity index is 1000. The zero-order chi connectivity index (χ0) is 19.1. The third-order valence-corrected chi connectivity index (χ3v) is 5.94. The molecule has 2 atom stereocenters. The number of aryl methyl sites for hydroxylation is 1. The van der Waals surface area contributed by atoms with Gasteiger partial charge >= 0.3 is 0 Å². The van der Waals surface area contributed by atoms with Crippen LogP contribution in [-0.4, -0.2) is 46.8 Å². The molecule has 1 saturated heterocycles. The van der Waals surface area contributed by atoms with Gasteiger partial charge in [0.25, 0.3) is 0 Å². The molecule has 0 bridgehead atoms. The predicted molar refractivity (Wildman–Crippen MR) is 111 cm³/mol. The van der Waals surface area contributed by atoms with Crippen molar-refractivity contribution < 1.29 is 9.47 Å². The second-order valence-corrected chi connectivity index (χ2v) is 8.15. The van der Waals surface area contributed by atoms with E-state index in [1.807, 2.05) is 42.5 Å². The van der Waals surface area contributed by atoms with Crippen molar-refractivity contribution in [2.45, 2.75) is 31.9 Å². The molecule has 0 amide bonds. The number of piperidine rings is 1. The SMILES string of the molecule is Cc1nc2ccc(Cl)cc2n1[C@H]1CCCN(C[C@H]2COc3ccccc3O2)C1. The molecule has 0 N–H and O–H groups in total. The number of fused-ring (bicyclic) bond motifs is 2. The molecular weight excluding hydrogens is 374 g/mol. The molecule has 6 heteroatoms. The zero-order valence-corrected chi connectivity index (χ0v) is 16.7. The smallest absolute Gasteiger partial charge is 0.161 e. The number of aromatic nitrogens is 2. The molecule has 2 aliphatic rings. The van der Waals surface area contributed by atoms with Gasteiger partial charge < -0.3 is 14.0 Å². The summed E-state index contributed by atoms with van der Waals surface area (Å²) in [6.45, 7) is 5.63. The van der Waals surface area contributed by atoms with Crippen LogP contribution in [0, 0.1) is 6.92 Å². The maximum atomic E-state index is 6.26. The third-order valence-electron chi connectivity index (χ3n) is 5.70. The summed E-state index contributed by atoms with van der Waals surface area (Å²) in [4.78, 5) is 7.23. The third kappa shape index (κ3) is 3.33. The van der Waals surface area contributed by atoms with Gasteiger partial charge in [0.2, 0.25) is 0 Å². The van der Waals surface area contributed by atoms with Crippen molar-refractivity contribution in [3.63, 3.8) is 0 Å². The highest BCUT2D eigenvalue weighted by Crippen LogP contribution is 2.32. The largest absolute Gasteiger partial charge is 0.486 e. The van der Waals surface area contributed by atoms with E-state index in [9.17, 15) is 0 Å². The Labute approximate surface area is 169 Å². The molecule has 0 radical (unpaired) electrons. The fraction of sp³-hybridized carbons (Fsp3) is 0.409. The maximum absolute atomic E-state index is 6.26. The van der Waals surface area contributed by atoms with Gasteiger partial charge in [-0.1, -0.05) is 23.7 Å². The minimum atomic E-state index is 0.0590. The molecule has 1 aromatic heterocycles. The van der Waals surface area contributed by atoms with Gasteiger partial charge in [0.15, 0.2) is 11.5 Å². The number of hydrogen-bond acceptors (Lipinski definition) is 4. The highest BCUT2D eigenvalue weighted by molar-refractivity contribution is 6.31. The van der Waals surface area contributed by atoms with Crippen LogP contribution in [0.25, 0.3) is 11.0 Å². The lowest BCUT2D eigenvalue weighted by Crippen LogP contribution is -2.45. The summed E-state index contributed by atoms with van der Waals surface area (Å²) in [7, 11) is 0. The Hall–Kier alpha value is -2.24. The summed E-state index contributed by atoms with van der Waals surface area (Å²) in [5, 5.41) is 0.757. The van der Waals surface area contributed by atoms with E-state index in [4.69, 9.17) is 26.1 Å². The number of rotatable bonds is 3. The first-order chi connectivity index (χ1) is 13.7. The highest BCUT2D eigenvalue weighted by Gasteiger charge is 2.28. The predicted octanol–water partition coefficient (Wildman–Crippen LogP) is 4.48. The van der Waals surface area contributed by atoms with Gasteiger partial charge in [-0.3, -0.25) is 4.90 Å². The number of nitrogens with zero attached hydrogens (tertiary/aromatic N) is 3. The van der Waals surface area contributed by atoms with Crippen LogP contribution in [0.3, 0.4) is 0 Å². The fourth-order valence-corrected chi connectivity index (χ4v) is 4.66. The molecule has 146 valence electrons. The van der Waals surface area contributed by atoms with Crippen molar-refractivity contribution in [3.05, 3.63) is 53.3 Å². The molecule has 5 rings (SSSR count). The fourth-order valence-electron chi connectivity index (χ4n) is 4.50. The number of hydrogen-bond donors (Lipinski definition) is 0. The lowest BCUT2D eigenvalue weighted by atomic mass is 10.0. The number of likely N-dealkylation sites (tertiary alicyclic amines) is 1. The summed E-state index contributed by atoms with van der Waals surface area (Å²) >= 11 is 6.26. The van der Waals surface area contributed by atoms with Crippen LogP contribution in [-0.2, 0) is 0 Å². The van der Waals surface area contributed by atoms with Gasteiger partial charge in [0.1, 0.15) is 18.5 Å². The Morgan fingerprint density at radius 2 is 2.04 bits per heavy atom. The summed E-state index contributed by atoms with van der Waals surface area (Å²) in [6.07, 6.45) is 2.37. The number of imidazole rings is 1. The van der Waals surface area contributed by atoms with Crippen LogP contribution < -0.4 is 9.47 Å². The first-order valence-corrected chi connectivity index (χ1v) is 10.3. The normalized spacial score (nSPS) is 22.5. The van der Waals surface area contributed by atoms with Gasteiger partial charge in [-0.25, -0.2) is 4.98 Å². The van der Waals surface area contributed by atoms with Crippen molar-refractivity contribution in [3.8, 4) is 11.5 Å². The van der Waals surface area contributed by atoms with E-state index in [0.717, 1.165) is 65.9 Å². The van der Waals surface area contributed by atoms with Crippen LogP contribution in [0.5, 0.6) is 11.5 Å². The second-order valence-electron chi connectivity index (χ2n) is 7.72. The average molecular weight is 398 g/mol. The quantitative estimate of drug-likeness (QED) is 0.653. The van der Waals surface area contributed by atoms with E-state index in [-0.39, 0.29) is 6.10 Å². The molecule has 2 aliphatic heterocycles. The van der Waals surface area contributed by atoms with Crippen LogP contribution >= 0.6 is 11.6 Å². The molecule has 3 aromatic rings. The molecular formula is C22H24ClN3O2. The Morgan fingerprint density at radius 1 is 1.18 bits per heavy atom. The van der Waals surface area contributed by atoms with E-state index in [1.165, 1.54) is 0 Å². The molecule has 0 unspecified atom stereocenters. The topological polar surface area (TPSA) is 39.5 Å². The van der Waals surface area contributed by atoms with Crippen molar-refractivity contribution >= 4 is 22.6 Å². The Balaban J connectivity index is 1.32. The molecule has 1 fully saturated rings. The number of halogens is 1. The van der Waals surface area contributed by atoms with E-state index < -0.39 is 0 Å². The van der Waals surface area contributed by atoms with Crippen molar-refractivity contribution in [1.29, 1.82) is 0 Å². The lowest BCUT2D eigenvalue weighted by Gasteiger charge is -2.37. The monoisotopic (exact) mass is 397 g/mol. The lowest BCUT2D eigenvalue weighted by molar-refractivity contribution is 0.0462. The molecule has 0 aliphatic carbocycles. The number of benzene rings is 2. The first-order valence-electron chi connectivity index (χ1n) is 9.92. The van der Waals surface area contributed by atoms with Crippen LogP contribution in [0.15, 0.2) is 42.5 Å². The van der Waals surface area contributed by atoms with Crippen LogP contribution in [0.1, 0.15) is 24.7 Å². The maximum Gasteiger partial charge on any atom is 0.161 e. The van der Waals surface area contributed by atoms with E-state index in [2.05, 4.69) is 16.4 Å². The average Bonchev–Trinajstić information content (AvgIpc) is 3.03. The molecule has 2 aromatic carbocycles. The minimum absolute atomic E-state index is 0.0590. The zero-order valence-electron chi connectivity index (χ0n) is 16.0. The number of ether oxygens (including phenoxy) is 2. The molecule has 5 nitrogen and oxygen atoms in total. The second kappa shape index (κ2) is 7.30. The summed E-state index contributed by atoms with van der Waals surface area (Å²) in [5.74, 6) is 2.74. The van der Waals surface area contributed by atoms with E-state index >= 15 is 0 Å². The van der Waals surface area contributed by atoms with Gasteiger partial charge in [-0.05, 0) is 56.6 Å². The van der Waals surface area contributed by atoms with Crippen LogP contribution in [0.4, 0.5) is 0 Å². The standard InChI is InChI=1S/C22H24ClN3O2/c1-15-24-19-9-8-16(23)11-20(19)26(15)17-5-4-10-25(12-17)13-18-14-27-21-6-2-3-7-22(21)28-18/h2-3,6-9,11,17-18H,4-5,10,12-14H2,1H3/t17-,18-/m0/s1. The van der Waals surface area contributed by atoms with Gasteiger partial charge in [-0.2, -0.15) is 0 Å². The minimum Gasteiger partial charge on any atom is -0.486 e. The molecule has 0 spiro atoms. The van der Waals surface area contributed by atoms with Gasteiger partial charge in [0.05, 0.1) is 11.0 Å². The molecule has 28 heavy (non-hydrogen) atoms. The van der Waals surface area contributed by atoms with Crippen molar-refractivity contribution in [1.82, 2.24) is 14.5 Å². The van der Waals surface area contributed by atoms with Crippen molar-refractivity contribution in [2.24, 2.45) is 0 Å². The van der Waals surface area contributed by atoms with E-state index in [1.54, 1.807) is 0 Å². The van der Waals surface area contributed by atoms with Gasteiger partial charge in [0, 0.05) is 24.2 Å². The van der Waals surface area contributed by atoms with Gasteiger partial charge in [-0.15, -0.1) is 0 Å². The molecule has 3 heterocycles. The first kappa shape index (κ1) is 17.8. The summed E-state index contributed by atoms with van der Waals surface area (Å²) in [6, 6.07) is 14.2. The van der Waals surface area contributed by atoms with Crippen molar-refractivity contribution in [2.75, 3.05) is 26.2 Å². The summed E-state index contributed by atoms with van der Waals surface area (Å²) < 4.78 is 14.4.